The maximum atomic E-state index is 5.58. The number of nitrogens with two attached hydrogens (primary N) is 1. The van der Waals surface area contributed by atoms with Crippen LogP contribution in [0.3, 0.4) is 0 Å². The van der Waals surface area contributed by atoms with Crippen molar-refractivity contribution in [1.82, 2.24) is 4.98 Å². The van der Waals surface area contributed by atoms with Gasteiger partial charge >= 0.3 is 0 Å². The van der Waals surface area contributed by atoms with Gasteiger partial charge in [-0.05, 0) is 23.3 Å². The average molecular weight is 170 g/mol. The van der Waals surface area contributed by atoms with Crippen LogP contribution < -0.4 is 5.73 Å². The summed E-state index contributed by atoms with van der Waals surface area (Å²) in [4.78, 5) is 3.94. The molecule has 0 amide bonds. The molecule has 0 unspecified atom stereocenters. The third kappa shape index (κ3) is 1.67. The molecule has 0 saturated heterocycles. The second kappa shape index (κ2) is 3.27. The highest BCUT2D eigenvalue weighted by Gasteiger charge is 1.95. The molecule has 0 saturated carbocycles. The summed E-state index contributed by atoms with van der Waals surface area (Å²) in [7, 11) is 0. The minimum atomic E-state index is 0.557. The molecule has 2 aromatic rings. The van der Waals surface area contributed by atoms with E-state index < -0.39 is 0 Å². The monoisotopic (exact) mass is 170 g/mol. The van der Waals surface area contributed by atoms with Crippen LogP contribution in [-0.2, 0) is 0 Å². The SMILES string of the molecule is Nc1cc(-c2ccccc2)ccn1. The number of rotatable bonds is 1. The lowest BCUT2D eigenvalue weighted by molar-refractivity contribution is 1.34. The lowest BCUT2D eigenvalue weighted by Gasteiger charge is -2.00. The molecule has 64 valence electrons. The van der Waals surface area contributed by atoms with Crippen molar-refractivity contribution in [1.29, 1.82) is 0 Å². The van der Waals surface area contributed by atoms with E-state index >= 15 is 0 Å². The van der Waals surface area contributed by atoms with Crippen LogP contribution in [0, 0.1) is 0 Å². The van der Waals surface area contributed by atoms with Crippen LogP contribution in [-0.4, -0.2) is 4.98 Å². The molecule has 13 heavy (non-hydrogen) atoms. The fourth-order valence-electron chi connectivity index (χ4n) is 1.26. The van der Waals surface area contributed by atoms with E-state index in [2.05, 4.69) is 17.1 Å². The Morgan fingerprint density at radius 2 is 1.69 bits per heavy atom. The molecule has 1 aromatic carbocycles. The Bertz CT molecular complexity index is 396. The van der Waals surface area contributed by atoms with Crippen molar-refractivity contribution in [3.05, 3.63) is 48.7 Å². The number of anilines is 1. The van der Waals surface area contributed by atoms with Gasteiger partial charge in [-0.3, -0.25) is 0 Å². The zero-order chi connectivity index (χ0) is 9.10. The summed E-state index contributed by atoms with van der Waals surface area (Å²) < 4.78 is 0. The topological polar surface area (TPSA) is 38.9 Å². The van der Waals surface area contributed by atoms with Crippen molar-refractivity contribution in [3.63, 3.8) is 0 Å². The standard InChI is InChI=1S/C11H10N2/c12-11-8-10(6-7-13-11)9-4-2-1-3-5-9/h1-8H,(H2,12,13). The summed E-state index contributed by atoms with van der Waals surface area (Å²) in [6.07, 6.45) is 1.72. The van der Waals surface area contributed by atoms with E-state index in [0.29, 0.717) is 5.82 Å². The van der Waals surface area contributed by atoms with E-state index in [1.807, 2.05) is 30.3 Å². The van der Waals surface area contributed by atoms with Crippen molar-refractivity contribution in [3.8, 4) is 11.1 Å². The molecule has 0 aliphatic heterocycles. The molecule has 1 aromatic heterocycles. The number of benzene rings is 1. The van der Waals surface area contributed by atoms with Gasteiger partial charge in [-0.25, -0.2) is 4.98 Å². The molecule has 2 nitrogen and oxygen atoms in total. The van der Waals surface area contributed by atoms with E-state index in [0.717, 1.165) is 11.1 Å². The van der Waals surface area contributed by atoms with Crippen LogP contribution in [0.5, 0.6) is 0 Å². The zero-order valence-electron chi connectivity index (χ0n) is 7.14. The smallest absolute Gasteiger partial charge is 0.123 e. The number of nitrogens with zero attached hydrogens (tertiary/aromatic N) is 1. The molecule has 2 N–H and O–H groups in total. The minimum absolute atomic E-state index is 0.557. The van der Waals surface area contributed by atoms with Gasteiger partial charge in [0.25, 0.3) is 0 Å². The Kier molecular flexibility index (Phi) is 1.96. The number of hydrogen-bond donors (Lipinski definition) is 1. The summed E-state index contributed by atoms with van der Waals surface area (Å²) in [5.41, 5.74) is 7.85. The Labute approximate surface area is 77.0 Å². The summed E-state index contributed by atoms with van der Waals surface area (Å²) in [5.74, 6) is 0.557. The second-order valence-corrected chi connectivity index (χ2v) is 2.84. The first kappa shape index (κ1) is 7.80. The Hall–Kier alpha value is -1.83. The molecular formula is C11H10N2. The van der Waals surface area contributed by atoms with Gasteiger partial charge in [0.05, 0.1) is 0 Å². The van der Waals surface area contributed by atoms with Crippen LogP contribution in [0.4, 0.5) is 5.82 Å². The lowest BCUT2D eigenvalue weighted by atomic mass is 10.1. The van der Waals surface area contributed by atoms with Crippen molar-refractivity contribution in [2.24, 2.45) is 0 Å². The fourth-order valence-corrected chi connectivity index (χ4v) is 1.26. The van der Waals surface area contributed by atoms with Crippen LogP contribution in [0.2, 0.25) is 0 Å². The molecular weight excluding hydrogens is 160 g/mol. The van der Waals surface area contributed by atoms with Crippen LogP contribution >= 0.6 is 0 Å². The van der Waals surface area contributed by atoms with E-state index in [-0.39, 0.29) is 0 Å². The Balaban J connectivity index is 2.48. The van der Waals surface area contributed by atoms with Crippen LogP contribution in [0.15, 0.2) is 48.7 Å². The van der Waals surface area contributed by atoms with Crippen LogP contribution in [0.25, 0.3) is 11.1 Å². The lowest BCUT2D eigenvalue weighted by Crippen LogP contribution is -1.88. The zero-order valence-corrected chi connectivity index (χ0v) is 7.14. The predicted octanol–water partition coefficient (Wildman–Crippen LogP) is 2.33. The first-order chi connectivity index (χ1) is 6.36. The van der Waals surface area contributed by atoms with E-state index in [9.17, 15) is 0 Å². The molecule has 0 atom stereocenters. The summed E-state index contributed by atoms with van der Waals surface area (Å²) in [6, 6.07) is 13.9. The maximum Gasteiger partial charge on any atom is 0.123 e. The number of pyridine rings is 1. The second-order valence-electron chi connectivity index (χ2n) is 2.84. The quantitative estimate of drug-likeness (QED) is 0.713. The van der Waals surface area contributed by atoms with Gasteiger partial charge in [0.1, 0.15) is 5.82 Å². The number of aromatic nitrogens is 1. The maximum absolute atomic E-state index is 5.58. The van der Waals surface area contributed by atoms with Crippen molar-refractivity contribution < 1.29 is 0 Å². The summed E-state index contributed by atoms with van der Waals surface area (Å²) in [5, 5.41) is 0. The van der Waals surface area contributed by atoms with Gasteiger partial charge in [0.15, 0.2) is 0 Å². The van der Waals surface area contributed by atoms with Gasteiger partial charge in [-0.1, -0.05) is 30.3 Å². The number of hydrogen-bond acceptors (Lipinski definition) is 2. The first-order valence-electron chi connectivity index (χ1n) is 4.13. The van der Waals surface area contributed by atoms with E-state index in [1.54, 1.807) is 6.20 Å². The summed E-state index contributed by atoms with van der Waals surface area (Å²) >= 11 is 0. The largest absolute Gasteiger partial charge is 0.384 e. The molecule has 2 rings (SSSR count). The van der Waals surface area contributed by atoms with Crippen molar-refractivity contribution in [2.75, 3.05) is 5.73 Å². The van der Waals surface area contributed by atoms with Gasteiger partial charge in [0.2, 0.25) is 0 Å². The molecule has 1 heterocycles. The normalized spacial score (nSPS) is 9.85. The van der Waals surface area contributed by atoms with Gasteiger partial charge in [-0.2, -0.15) is 0 Å². The highest BCUT2D eigenvalue weighted by molar-refractivity contribution is 5.65. The van der Waals surface area contributed by atoms with Crippen molar-refractivity contribution >= 4 is 5.82 Å². The Morgan fingerprint density at radius 3 is 2.38 bits per heavy atom. The third-order valence-electron chi connectivity index (χ3n) is 1.89. The first-order valence-corrected chi connectivity index (χ1v) is 4.13. The van der Waals surface area contributed by atoms with Gasteiger partial charge in [-0.15, -0.1) is 0 Å². The molecule has 0 aliphatic rings. The fraction of sp³-hybridized carbons (Fsp3) is 0. The van der Waals surface area contributed by atoms with Crippen LogP contribution in [0.1, 0.15) is 0 Å². The van der Waals surface area contributed by atoms with E-state index in [4.69, 9.17) is 5.73 Å². The molecule has 0 aliphatic carbocycles. The van der Waals surface area contributed by atoms with E-state index in [1.165, 1.54) is 0 Å². The predicted molar refractivity (Wildman–Crippen MR) is 54.1 cm³/mol. The minimum Gasteiger partial charge on any atom is -0.384 e. The van der Waals surface area contributed by atoms with Crippen molar-refractivity contribution in [2.45, 2.75) is 0 Å². The molecule has 0 bridgehead atoms. The summed E-state index contributed by atoms with van der Waals surface area (Å²) in [6.45, 7) is 0. The Morgan fingerprint density at radius 1 is 0.923 bits per heavy atom. The average Bonchev–Trinajstić information content (AvgIpc) is 2.19. The molecule has 2 heteroatoms. The molecule has 0 spiro atoms. The highest BCUT2D eigenvalue weighted by atomic mass is 14.8. The van der Waals surface area contributed by atoms with Gasteiger partial charge in [0, 0.05) is 6.20 Å². The van der Waals surface area contributed by atoms with Gasteiger partial charge < -0.3 is 5.73 Å². The third-order valence-corrected chi connectivity index (χ3v) is 1.89. The molecule has 0 fully saturated rings. The highest BCUT2D eigenvalue weighted by Crippen LogP contribution is 2.18. The number of nitrogen functional groups attached to an aromatic ring is 1. The molecule has 0 radical (unpaired) electrons.